The molecular weight excluding hydrogens is 323 g/mol. The van der Waals surface area contributed by atoms with Crippen LogP contribution in [0, 0.1) is 0 Å². The second-order valence-electron chi connectivity index (χ2n) is 4.64. The Morgan fingerprint density at radius 1 is 1.32 bits per heavy atom. The summed E-state index contributed by atoms with van der Waals surface area (Å²) in [7, 11) is 0. The highest BCUT2D eigenvalue weighted by molar-refractivity contribution is 7.20. The molecule has 0 amide bonds. The van der Waals surface area contributed by atoms with Crippen LogP contribution in [0.15, 0.2) is 24.3 Å². The first-order valence-corrected chi connectivity index (χ1v) is 7.94. The molecule has 0 saturated heterocycles. The summed E-state index contributed by atoms with van der Waals surface area (Å²) in [5, 5.41) is -0.280. The summed E-state index contributed by atoms with van der Waals surface area (Å²) in [5.74, 6) is 0.953. The van der Waals surface area contributed by atoms with Crippen molar-refractivity contribution in [2.45, 2.75) is 24.8 Å². The van der Waals surface area contributed by atoms with Crippen molar-refractivity contribution in [1.29, 1.82) is 0 Å². The zero-order valence-corrected chi connectivity index (χ0v) is 13.2. The maximum atomic E-state index is 6.51. The Bertz CT molecular complexity index is 623. The van der Waals surface area contributed by atoms with Gasteiger partial charge in [-0.15, -0.1) is 22.9 Å². The quantitative estimate of drug-likeness (QED) is 0.640. The molecule has 1 aromatic carbocycles. The molecule has 0 saturated carbocycles. The van der Waals surface area contributed by atoms with Gasteiger partial charge in [-0.3, -0.25) is 0 Å². The first-order chi connectivity index (χ1) is 9.04. The van der Waals surface area contributed by atoms with Crippen molar-refractivity contribution < 1.29 is 4.74 Å². The number of thiophene rings is 1. The first-order valence-electron chi connectivity index (χ1n) is 5.93. The third-order valence-electron chi connectivity index (χ3n) is 3.17. The third kappa shape index (κ3) is 2.59. The highest BCUT2D eigenvalue weighted by Gasteiger charge is 2.22. The lowest BCUT2D eigenvalue weighted by Crippen LogP contribution is -2.05. The fourth-order valence-electron chi connectivity index (χ4n) is 2.30. The highest BCUT2D eigenvalue weighted by Crippen LogP contribution is 2.42. The van der Waals surface area contributed by atoms with Crippen LogP contribution in [0.4, 0.5) is 0 Å². The molecule has 0 N–H and O–H groups in total. The van der Waals surface area contributed by atoms with Crippen LogP contribution < -0.4 is 4.74 Å². The molecular formula is C14H11Cl3OS. The average Bonchev–Trinajstić information content (AvgIpc) is 2.88. The Balaban J connectivity index is 1.95. The van der Waals surface area contributed by atoms with E-state index in [1.54, 1.807) is 0 Å². The van der Waals surface area contributed by atoms with Crippen LogP contribution in [-0.4, -0.2) is 6.10 Å². The second-order valence-corrected chi connectivity index (χ2v) is 7.36. The van der Waals surface area contributed by atoms with Gasteiger partial charge in [-0.05, 0) is 30.2 Å². The minimum absolute atomic E-state index is 0.234. The smallest absolute Gasteiger partial charge is 0.123 e. The Kier molecular flexibility index (Phi) is 3.69. The molecule has 0 spiro atoms. The van der Waals surface area contributed by atoms with E-state index in [4.69, 9.17) is 39.5 Å². The predicted molar refractivity (Wildman–Crippen MR) is 82.3 cm³/mol. The minimum atomic E-state index is -0.280. The van der Waals surface area contributed by atoms with Gasteiger partial charge in [0.05, 0.1) is 14.0 Å². The van der Waals surface area contributed by atoms with Crippen LogP contribution in [0.25, 0.3) is 0 Å². The summed E-state index contributed by atoms with van der Waals surface area (Å²) in [6.45, 7) is 2.06. The van der Waals surface area contributed by atoms with E-state index in [1.165, 1.54) is 16.9 Å². The number of ether oxygens (including phenoxy) is 1. The van der Waals surface area contributed by atoms with E-state index in [2.05, 4.69) is 13.0 Å². The molecule has 3 rings (SSSR count). The molecule has 5 heteroatoms. The maximum Gasteiger partial charge on any atom is 0.123 e. The summed E-state index contributed by atoms with van der Waals surface area (Å²) in [4.78, 5) is 0. The molecule has 2 heterocycles. The number of hydrogen-bond acceptors (Lipinski definition) is 2. The van der Waals surface area contributed by atoms with Gasteiger partial charge in [0.25, 0.3) is 0 Å². The zero-order valence-electron chi connectivity index (χ0n) is 10.1. The third-order valence-corrected chi connectivity index (χ3v) is 5.17. The average molecular weight is 334 g/mol. The van der Waals surface area contributed by atoms with Gasteiger partial charge in [-0.25, -0.2) is 0 Å². The first kappa shape index (κ1) is 13.6. The molecule has 0 fully saturated rings. The monoisotopic (exact) mass is 332 g/mol. The van der Waals surface area contributed by atoms with Gasteiger partial charge in [0.1, 0.15) is 11.9 Å². The van der Waals surface area contributed by atoms with E-state index < -0.39 is 0 Å². The SMILES string of the molecule is CC1Cc2cc(C(Cl)c3cc(Cl)sc3Cl)ccc2O1. The van der Waals surface area contributed by atoms with Gasteiger partial charge in [0.2, 0.25) is 0 Å². The fourth-order valence-corrected chi connectivity index (χ4v) is 4.27. The molecule has 1 aliphatic rings. The zero-order chi connectivity index (χ0) is 13.6. The van der Waals surface area contributed by atoms with Gasteiger partial charge in [-0.1, -0.05) is 35.3 Å². The van der Waals surface area contributed by atoms with Gasteiger partial charge in [-0.2, -0.15) is 0 Å². The molecule has 2 atom stereocenters. The summed E-state index contributed by atoms with van der Waals surface area (Å²) in [6, 6.07) is 7.89. The predicted octanol–water partition coefficient (Wildman–Crippen LogP) is 5.71. The Labute approximate surface area is 131 Å². The van der Waals surface area contributed by atoms with E-state index in [0.717, 1.165) is 23.3 Å². The molecule has 0 aliphatic carbocycles. The van der Waals surface area contributed by atoms with Crippen LogP contribution in [0.1, 0.15) is 29.0 Å². The molecule has 1 aromatic heterocycles. The minimum Gasteiger partial charge on any atom is -0.490 e. The van der Waals surface area contributed by atoms with Gasteiger partial charge in [0.15, 0.2) is 0 Å². The lowest BCUT2D eigenvalue weighted by atomic mass is 10.0. The Morgan fingerprint density at radius 2 is 2.11 bits per heavy atom. The number of alkyl halides is 1. The number of hydrogen-bond donors (Lipinski definition) is 0. The van der Waals surface area contributed by atoms with E-state index in [0.29, 0.717) is 8.67 Å². The second kappa shape index (κ2) is 5.17. The van der Waals surface area contributed by atoms with Crippen LogP contribution in [0.5, 0.6) is 5.75 Å². The molecule has 0 radical (unpaired) electrons. The van der Waals surface area contributed by atoms with Crippen molar-refractivity contribution in [2.24, 2.45) is 0 Å². The number of benzene rings is 1. The molecule has 0 bridgehead atoms. The van der Waals surface area contributed by atoms with Gasteiger partial charge < -0.3 is 4.74 Å². The number of rotatable bonds is 2. The molecule has 1 nitrogen and oxygen atoms in total. The van der Waals surface area contributed by atoms with Crippen LogP contribution in [-0.2, 0) is 6.42 Å². The molecule has 19 heavy (non-hydrogen) atoms. The van der Waals surface area contributed by atoms with E-state index in [1.807, 2.05) is 18.2 Å². The van der Waals surface area contributed by atoms with Crippen molar-refractivity contribution in [3.8, 4) is 5.75 Å². The molecule has 1 aliphatic heterocycles. The number of halogens is 3. The maximum absolute atomic E-state index is 6.51. The van der Waals surface area contributed by atoms with Crippen LogP contribution >= 0.6 is 46.1 Å². The van der Waals surface area contributed by atoms with Gasteiger partial charge in [0, 0.05) is 12.0 Å². The van der Waals surface area contributed by atoms with E-state index in [-0.39, 0.29) is 11.5 Å². The largest absolute Gasteiger partial charge is 0.490 e. The molecule has 2 aromatic rings. The Hall–Kier alpha value is -0.410. The lowest BCUT2D eigenvalue weighted by Gasteiger charge is -2.10. The van der Waals surface area contributed by atoms with Gasteiger partial charge >= 0.3 is 0 Å². The molecule has 2 unspecified atom stereocenters. The summed E-state index contributed by atoms with van der Waals surface area (Å²) >= 11 is 20.0. The topological polar surface area (TPSA) is 9.23 Å². The van der Waals surface area contributed by atoms with Crippen molar-refractivity contribution in [1.82, 2.24) is 0 Å². The van der Waals surface area contributed by atoms with E-state index in [9.17, 15) is 0 Å². The Morgan fingerprint density at radius 3 is 2.79 bits per heavy atom. The van der Waals surface area contributed by atoms with Crippen molar-refractivity contribution in [2.75, 3.05) is 0 Å². The van der Waals surface area contributed by atoms with Crippen molar-refractivity contribution in [3.63, 3.8) is 0 Å². The summed E-state index contributed by atoms with van der Waals surface area (Å²) < 4.78 is 6.99. The number of fused-ring (bicyclic) bond motifs is 1. The fraction of sp³-hybridized carbons (Fsp3) is 0.286. The van der Waals surface area contributed by atoms with E-state index >= 15 is 0 Å². The standard InChI is InChI=1S/C14H11Cl3OS/c1-7-4-9-5-8(2-3-11(9)18-7)13(16)10-6-12(15)19-14(10)17/h2-3,5-7,13H,4H2,1H3. The molecule has 100 valence electrons. The van der Waals surface area contributed by atoms with Crippen molar-refractivity contribution >= 4 is 46.1 Å². The normalized spacial score (nSPS) is 19.1. The van der Waals surface area contributed by atoms with Crippen LogP contribution in [0.3, 0.4) is 0 Å². The van der Waals surface area contributed by atoms with Crippen LogP contribution in [0.2, 0.25) is 8.67 Å². The highest BCUT2D eigenvalue weighted by atomic mass is 35.5. The lowest BCUT2D eigenvalue weighted by molar-refractivity contribution is 0.254. The van der Waals surface area contributed by atoms with Crippen molar-refractivity contribution in [3.05, 3.63) is 49.6 Å². The summed E-state index contributed by atoms with van der Waals surface area (Å²) in [6.07, 6.45) is 1.16. The summed E-state index contributed by atoms with van der Waals surface area (Å²) in [5.41, 5.74) is 3.09.